The average Bonchev–Trinajstić information content (AvgIpc) is 3.32. The lowest BCUT2D eigenvalue weighted by Crippen LogP contribution is -2.38. The van der Waals surface area contributed by atoms with E-state index in [0.29, 0.717) is 45.9 Å². The molecule has 0 amide bonds. The number of aromatic nitrogens is 4. The molecule has 0 saturated heterocycles. The smallest absolute Gasteiger partial charge is 0.532 e. The molecule has 0 bridgehead atoms. The molecule has 8 nitrogen and oxygen atoms in total. The van der Waals surface area contributed by atoms with E-state index in [9.17, 15) is 5.02 Å². The van der Waals surface area contributed by atoms with Crippen molar-refractivity contribution in [1.29, 1.82) is 0 Å². The molecule has 146 valence electrons. The first kappa shape index (κ1) is 18.9. The lowest BCUT2D eigenvalue weighted by Gasteiger charge is -2.15. The highest BCUT2D eigenvalue weighted by Gasteiger charge is 2.24. The molecule has 0 aliphatic rings. The fourth-order valence-corrected chi connectivity index (χ4v) is 2.91. The van der Waals surface area contributed by atoms with Crippen LogP contribution >= 0.6 is 0 Å². The van der Waals surface area contributed by atoms with Crippen LogP contribution in [0.15, 0.2) is 45.2 Å². The van der Waals surface area contributed by atoms with Gasteiger partial charge in [-0.25, -0.2) is 0 Å². The summed E-state index contributed by atoms with van der Waals surface area (Å²) in [6.45, 7) is 7.25. The second-order valence-corrected chi connectivity index (χ2v) is 6.77. The Labute approximate surface area is 167 Å². The van der Waals surface area contributed by atoms with Gasteiger partial charge < -0.3 is 18.5 Å². The van der Waals surface area contributed by atoms with Gasteiger partial charge in [-0.3, -0.25) is 0 Å². The minimum atomic E-state index is -1.18. The molecule has 0 saturated carbocycles. The van der Waals surface area contributed by atoms with E-state index in [0.717, 1.165) is 11.1 Å². The molecule has 2 aromatic heterocycles. The predicted molar refractivity (Wildman–Crippen MR) is 107 cm³/mol. The van der Waals surface area contributed by atoms with E-state index < -0.39 is 7.12 Å². The van der Waals surface area contributed by atoms with Crippen LogP contribution in [-0.2, 0) is 0 Å². The molecule has 29 heavy (non-hydrogen) atoms. The first-order valence-corrected chi connectivity index (χ1v) is 9.07. The van der Waals surface area contributed by atoms with Gasteiger partial charge in [0.2, 0.25) is 23.6 Å². The van der Waals surface area contributed by atoms with Gasteiger partial charge in [0.1, 0.15) is 5.75 Å². The third-order valence-electron chi connectivity index (χ3n) is 4.52. The molecule has 0 unspecified atom stereocenters. The third kappa shape index (κ3) is 3.90. The summed E-state index contributed by atoms with van der Waals surface area (Å²) >= 11 is 0. The van der Waals surface area contributed by atoms with Crippen LogP contribution in [0.5, 0.6) is 5.75 Å². The minimum absolute atomic E-state index is 0.390. The zero-order valence-electron chi connectivity index (χ0n) is 16.5. The van der Waals surface area contributed by atoms with Gasteiger partial charge >= 0.3 is 7.12 Å². The van der Waals surface area contributed by atoms with Crippen LogP contribution in [0.3, 0.4) is 0 Å². The van der Waals surface area contributed by atoms with Gasteiger partial charge in [-0.05, 0) is 43.7 Å². The summed E-state index contributed by atoms with van der Waals surface area (Å²) in [4.78, 5) is 0. The van der Waals surface area contributed by atoms with Crippen LogP contribution in [0.1, 0.15) is 22.9 Å². The molecule has 0 fully saturated rings. The minimum Gasteiger partial charge on any atom is -0.532 e. The first-order valence-electron chi connectivity index (χ1n) is 9.07. The predicted octanol–water partition coefficient (Wildman–Crippen LogP) is 2.79. The summed E-state index contributed by atoms with van der Waals surface area (Å²) < 4.78 is 16.8. The Morgan fingerprint density at radius 3 is 1.86 bits per heavy atom. The SMILES string of the molecule is Cc1nnc(-c2ccc(C)c(OB(O)c3cc(-c4nnc(C)o4)ccc3C)c2)o1. The Kier molecular flexibility index (Phi) is 4.90. The van der Waals surface area contributed by atoms with Gasteiger partial charge in [0.05, 0.1) is 0 Å². The molecule has 0 radical (unpaired) electrons. The van der Waals surface area contributed by atoms with Crippen molar-refractivity contribution in [3.05, 3.63) is 59.3 Å². The van der Waals surface area contributed by atoms with E-state index in [1.165, 1.54) is 0 Å². The first-order chi connectivity index (χ1) is 13.9. The third-order valence-corrected chi connectivity index (χ3v) is 4.52. The zero-order valence-corrected chi connectivity index (χ0v) is 16.5. The van der Waals surface area contributed by atoms with Crippen molar-refractivity contribution in [2.75, 3.05) is 0 Å². The quantitative estimate of drug-likeness (QED) is 0.519. The van der Waals surface area contributed by atoms with Gasteiger partial charge in [0.15, 0.2) is 0 Å². The van der Waals surface area contributed by atoms with Crippen molar-refractivity contribution >= 4 is 12.6 Å². The fourth-order valence-electron chi connectivity index (χ4n) is 2.91. The molecule has 0 atom stereocenters. The summed E-state index contributed by atoms with van der Waals surface area (Å²) in [5.41, 5.74) is 3.77. The average molecular weight is 390 g/mol. The van der Waals surface area contributed by atoms with Crippen LogP contribution in [-0.4, -0.2) is 32.5 Å². The maximum Gasteiger partial charge on any atom is 0.560 e. The van der Waals surface area contributed by atoms with Gasteiger partial charge in [-0.2, -0.15) is 0 Å². The van der Waals surface area contributed by atoms with Crippen LogP contribution in [0.2, 0.25) is 0 Å². The largest absolute Gasteiger partial charge is 0.560 e. The number of rotatable bonds is 5. The Balaban J connectivity index is 1.63. The van der Waals surface area contributed by atoms with E-state index >= 15 is 0 Å². The van der Waals surface area contributed by atoms with Gasteiger partial charge in [-0.1, -0.05) is 17.7 Å². The molecule has 0 aliphatic carbocycles. The van der Waals surface area contributed by atoms with E-state index in [2.05, 4.69) is 20.4 Å². The molecule has 4 aromatic rings. The fraction of sp³-hybridized carbons (Fsp3) is 0.200. The molecule has 4 rings (SSSR count). The van der Waals surface area contributed by atoms with Crippen LogP contribution in [0, 0.1) is 27.7 Å². The molecule has 0 aliphatic heterocycles. The van der Waals surface area contributed by atoms with Crippen LogP contribution in [0.25, 0.3) is 22.9 Å². The number of hydrogen-bond donors (Lipinski definition) is 1. The molecule has 9 heteroatoms. The van der Waals surface area contributed by atoms with Crippen molar-refractivity contribution in [3.63, 3.8) is 0 Å². The van der Waals surface area contributed by atoms with Crippen LogP contribution in [0.4, 0.5) is 0 Å². The summed E-state index contributed by atoms with van der Waals surface area (Å²) in [6, 6.07) is 11.0. The van der Waals surface area contributed by atoms with E-state index in [1.54, 1.807) is 26.0 Å². The second-order valence-electron chi connectivity index (χ2n) is 6.77. The Bertz CT molecular complexity index is 1170. The topological polar surface area (TPSA) is 107 Å². The van der Waals surface area contributed by atoms with E-state index in [1.807, 2.05) is 38.1 Å². The van der Waals surface area contributed by atoms with Crippen molar-refractivity contribution in [1.82, 2.24) is 20.4 Å². The number of aryl methyl sites for hydroxylation is 4. The number of benzene rings is 2. The maximum absolute atomic E-state index is 10.8. The van der Waals surface area contributed by atoms with Crippen molar-refractivity contribution in [3.8, 4) is 28.7 Å². The van der Waals surface area contributed by atoms with Gasteiger partial charge in [-0.15, -0.1) is 20.4 Å². The molecule has 2 aromatic carbocycles. The Hall–Kier alpha value is -3.46. The maximum atomic E-state index is 10.8. The molecular weight excluding hydrogens is 371 g/mol. The highest BCUT2D eigenvalue weighted by atomic mass is 16.5. The van der Waals surface area contributed by atoms with Crippen LogP contribution < -0.4 is 10.1 Å². The standard InChI is InChI=1S/C20H19BN4O4/c1-11-5-7-15(19-24-22-13(3)27-19)9-17(11)21(26)29-18-10-16(8-6-12(18)2)20-25-23-14(4)28-20/h5-10,26H,1-4H3. The van der Waals surface area contributed by atoms with Crippen molar-refractivity contribution < 1.29 is 18.5 Å². The summed E-state index contributed by atoms with van der Waals surface area (Å²) in [5.74, 6) is 2.26. The van der Waals surface area contributed by atoms with Crippen molar-refractivity contribution in [2.45, 2.75) is 27.7 Å². The van der Waals surface area contributed by atoms with Gasteiger partial charge in [0.25, 0.3) is 0 Å². The lowest BCUT2D eigenvalue weighted by atomic mass is 9.75. The van der Waals surface area contributed by atoms with E-state index in [4.69, 9.17) is 13.5 Å². The molecule has 2 heterocycles. The van der Waals surface area contributed by atoms with Crippen molar-refractivity contribution in [2.24, 2.45) is 0 Å². The Morgan fingerprint density at radius 2 is 1.31 bits per heavy atom. The summed E-state index contributed by atoms with van der Waals surface area (Å²) in [5, 5.41) is 26.5. The summed E-state index contributed by atoms with van der Waals surface area (Å²) in [7, 11) is -1.18. The summed E-state index contributed by atoms with van der Waals surface area (Å²) in [6.07, 6.45) is 0. The normalized spacial score (nSPS) is 10.9. The van der Waals surface area contributed by atoms with E-state index in [-0.39, 0.29) is 0 Å². The Morgan fingerprint density at radius 1 is 0.759 bits per heavy atom. The van der Waals surface area contributed by atoms with Gasteiger partial charge in [0, 0.05) is 30.4 Å². The second kappa shape index (κ2) is 7.52. The lowest BCUT2D eigenvalue weighted by molar-refractivity contribution is 0.430. The molecule has 0 spiro atoms. The molecular formula is C20H19BN4O4. The monoisotopic (exact) mass is 390 g/mol. The zero-order chi connectivity index (χ0) is 20.5. The number of hydrogen-bond acceptors (Lipinski definition) is 8. The highest BCUT2D eigenvalue weighted by Crippen LogP contribution is 2.27. The number of nitrogens with zero attached hydrogens (tertiary/aromatic N) is 4. The molecule has 1 N–H and O–H groups in total. The highest BCUT2D eigenvalue weighted by molar-refractivity contribution is 6.61.